The molecule has 0 N–H and O–H groups in total. The van der Waals surface area contributed by atoms with Gasteiger partial charge in [-0.15, -0.1) is 0 Å². The molecular weight excluding hydrogens is 494 g/mol. The number of aromatic nitrogens is 1. The molecule has 0 aliphatic carbocycles. The summed E-state index contributed by atoms with van der Waals surface area (Å²) in [4.78, 5) is 22.1. The zero-order valence-electron chi connectivity index (χ0n) is 19.1. The van der Waals surface area contributed by atoms with Crippen molar-refractivity contribution in [3.05, 3.63) is 53.1 Å². The van der Waals surface area contributed by atoms with Crippen molar-refractivity contribution in [2.24, 2.45) is 0 Å². The Morgan fingerprint density at radius 2 is 1.91 bits per heavy atom. The summed E-state index contributed by atoms with van der Waals surface area (Å²) >= 11 is 7.70. The fourth-order valence-corrected chi connectivity index (χ4v) is 6.38. The molecule has 0 saturated carbocycles. The summed E-state index contributed by atoms with van der Waals surface area (Å²) in [6.45, 7) is 6.38. The normalized spacial score (nSPS) is 15.0. The number of ether oxygens (including phenoxy) is 1. The van der Waals surface area contributed by atoms with E-state index in [0.717, 1.165) is 49.5 Å². The Hall–Kier alpha value is -2.04. The van der Waals surface area contributed by atoms with Crippen LogP contribution < -0.4 is 4.90 Å². The highest BCUT2D eigenvalue weighted by Crippen LogP contribution is 2.33. The van der Waals surface area contributed by atoms with E-state index in [1.807, 2.05) is 19.1 Å². The molecule has 0 bridgehead atoms. The van der Waals surface area contributed by atoms with Crippen molar-refractivity contribution in [3.8, 4) is 0 Å². The van der Waals surface area contributed by atoms with Crippen LogP contribution in [0.25, 0.3) is 10.2 Å². The van der Waals surface area contributed by atoms with Crippen molar-refractivity contribution in [1.82, 2.24) is 9.88 Å². The fraction of sp³-hybridized carbons (Fsp3) is 0.417. The largest absolute Gasteiger partial charge is 0.379 e. The van der Waals surface area contributed by atoms with E-state index in [9.17, 15) is 13.2 Å². The van der Waals surface area contributed by atoms with Gasteiger partial charge in [0.25, 0.3) is 0 Å². The van der Waals surface area contributed by atoms with E-state index in [2.05, 4.69) is 9.88 Å². The van der Waals surface area contributed by atoms with Gasteiger partial charge >= 0.3 is 0 Å². The van der Waals surface area contributed by atoms with Gasteiger partial charge in [-0.25, -0.2) is 13.4 Å². The molecule has 182 valence electrons. The smallest absolute Gasteiger partial charge is 0.229 e. The van der Waals surface area contributed by atoms with E-state index in [1.54, 1.807) is 35.2 Å². The Bertz CT molecular complexity index is 1240. The van der Waals surface area contributed by atoms with Gasteiger partial charge < -0.3 is 4.74 Å². The van der Waals surface area contributed by atoms with Gasteiger partial charge in [-0.2, -0.15) is 0 Å². The molecule has 1 aromatic heterocycles. The number of amides is 1. The first-order chi connectivity index (χ1) is 16.3. The minimum Gasteiger partial charge on any atom is -0.379 e. The Balaban J connectivity index is 1.49. The summed E-state index contributed by atoms with van der Waals surface area (Å²) in [6.07, 6.45) is 0.636. The number of aryl methyl sites for hydroxylation is 1. The van der Waals surface area contributed by atoms with Crippen LogP contribution >= 0.6 is 22.9 Å². The molecule has 0 unspecified atom stereocenters. The molecule has 0 spiro atoms. The predicted molar refractivity (Wildman–Crippen MR) is 137 cm³/mol. The van der Waals surface area contributed by atoms with Gasteiger partial charge in [0.15, 0.2) is 15.0 Å². The molecular formula is C24H28ClN3O4S2. The molecule has 2 aromatic carbocycles. The summed E-state index contributed by atoms with van der Waals surface area (Å²) in [6, 6.07) is 12.2. The lowest BCUT2D eigenvalue weighted by Crippen LogP contribution is -2.39. The van der Waals surface area contributed by atoms with Crippen molar-refractivity contribution in [2.75, 3.05) is 50.0 Å². The number of halogens is 1. The third-order valence-electron chi connectivity index (χ3n) is 5.81. The SMILES string of the molecule is Cc1ccc(S(=O)(=O)CCC(=O)N(CCCN2CCOCC2)c2nc3c(Cl)cccc3s2)cc1. The predicted octanol–water partition coefficient (Wildman–Crippen LogP) is 4.18. The summed E-state index contributed by atoms with van der Waals surface area (Å²) in [5.74, 6) is -0.506. The average molecular weight is 522 g/mol. The van der Waals surface area contributed by atoms with Gasteiger partial charge in [0.05, 0.1) is 33.6 Å². The molecule has 7 nitrogen and oxygen atoms in total. The van der Waals surface area contributed by atoms with Gasteiger partial charge in [-0.3, -0.25) is 14.6 Å². The molecule has 4 rings (SSSR count). The first kappa shape index (κ1) is 25.1. The third kappa shape index (κ3) is 6.14. The topological polar surface area (TPSA) is 79.8 Å². The van der Waals surface area contributed by atoms with Crippen LogP contribution in [0.3, 0.4) is 0 Å². The quantitative estimate of drug-likeness (QED) is 0.420. The van der Waals surface area contributed by atoms with Crippen molar-refractivity contribution in [2.45, 2.75) is 24.7 Å². The number of sulfone groups is 1. The number of benzene rings is 2. The lowest BCUT2D eigenvalue weighted by Gasteiger charge is -2.27. The molecule has 34 heavy (non-hydrogen) atoms. The molecule has 3 aromatic rings. The Morgan fingerprint density at radius 3 is 2.62 bits per heavy atom. The number of carbonyl (C=O) groups excluding carboxylic acids is 1. The van der Waals surface area contributed by atoms with Crippen molar-refractivity contribution >= 4 is 54.0 Å². The van der Waals surface area contributed by atoms with Crippen LogP contribution in [0, 0.1) is 6.92 Å². The summed E-state index contributed by atoms with van der Waals surface area (Å²) in [7, 11) is -3.56. The van der Waals surface area contributed by atoms with Gasteiger partial charge in [-0.05, 0) is 37.6 Å². The highest BCUT2D eigenvalue weighted by atomic mass is 35.5. The number of hydrogen-bond donors (Lipinski definition) is 0. The van der Waals surface area contributed by atoms with E-state index in [4.69, 9.17) is 16.3 Å². The second kappa shape index (κ2) is 11.1. The minimum absolute atomic E-state index is 0.114. The molecule has 10 heteroatoms. The molecule has 0 atom stereocenters. The number of fused-ring (bicyclic) bond motifs is 1. The van der Waals surface area contributed by atoms with Crippen LogP contribution in [0.15, 0.2) is 47.4 Å². The average Bonchev–Trinajstić information content (AvgIpc) is 3.27. The number of nitrogens with zero attached hydrogens (tertiary/aromatic N) is 3. The van der Waals surface area contributed by atoms with Gasteiger partial charge in [-0.1, -0.05) is 46.7 Å². The second-order valence-electron chi connectivity index (χ2n) is 8.32. The minimum atomic E-state index is -3.56. The number of hydrogen-bond acceptors (Lipinski definition) is 7. The van der Waals surface area contributed by atoms with Crippen LogP contribution in [0.2, 0.25) is 5.02 Å². The molecule has 1 saturated heterocycles. The number of anilines is 1. The number of para-hydroxylation sites is 1. The maximum atomic E-state index is 13.3. The first-order valence-electron chi connectivity index (χ1n) is 11.3. The van der Waals surface area contributed by atoms with Crippen molar-refractivity contribution < 1.29 is 17.9 Å². The van der Waals surface area contributed by atoms with Gasteiger partial charge in [0.2, 0.25) is 5.91 Å². The highest BCUT2D eigenvalue weighted by Gasteiger charge is 2.24. The molecule has 0 radical (unpaired) electrons. The van der Waals surface area contributed by atoms with E-state index < -0.39 is 9.84 Å². The Kier molecular flexibility index (Phi) is 8.21. The first-order valence-corrected chi connectivity index (χ1v) is 14.1. The summed E-state index contributed by atoms with van der Waals surface area (Å²) in [5.41, 5.74) is 1.64. The maximum Gasteiger partial charge on any atom is 0.229 e. The number of morpholine rings is 1. The summed E-state index contributed by atoms with van der Waals surface area (Å²) < 4.78 is 31.9. The molecule has 2 heterocycles. The zero-order chi connectivity index (χ0) is 24.1. The Labute approximate surface area is 209 Å². The number of rotatable bonds is 9. The molecule has 1 aliphatic rings. The molecule has 1 amide bonds. The van der Waals surface area contributed by atoms with Crippen LogP contribution in [0.4, 0.5) is 5.13 Å². The standard InChI is InChI=1S/C24H28ClN3O4S2/c1-18-6-8-19(9-7-18)34(30,31)17-10-22(29)28(12-3-11-27-13-15-32-16-14-27)24-26-23-20(25)4-2-5-21(23)33-24/h2,4-9H,3,10-17H2,1H3. The van der Waals surface area contributed by atoms with Gasteiger partial charge in [0.1, 0.15) is 5.52 Å². The number of thiazole rings is 1. The van der Waals surface area contributed by atoms with E-state index in [0.29, 0.717) is 22.2 Å². The maximum absolute atomic E-state index is 13.3. The van der Waals surface area contributed by atoms with Crippen molar-refractivity contribution in [3.63, 3.8) is 0 Å². The van der Waals surface area contributed by atoms with Crippen LogP contribution in [0.1, 0.15) is 18.4 Å². The third-order valence-corrected chi connectivity index (χ3v) is 8.90. The highest BCUT2D eigenvalue weighted by molar-refractivity contribution is 7.91. The lowest BCUT2D eigenvalue weighted by atomic mass is 10.2. The number of carbonyl (C=O) groups is 1. The van der Waals surface area contributed by atoms with Crippen molar-refractivity contribution in [1.29, 1.82) is 0 Å². The zero-order valence-corrected chi connectivity index (χ0v) is 21.5. The van der Waals surface area contributed by atoms with Crippen LogP contribution in [0.5, 0.6) is 0 Å². The van der Waals surface area contributed by atoms with E-state index in [1.165, 1.54) is 11.3 Å². The van der Waals surface area contributed by atoms with Crippen LogP contribution in [-0.4, -0.2) is 69.4 Å². The van der Waals surface area contributed by atoms with Crippen LogP contribution in [-0.2, 0) is 19.4 Å². The Morgan fingerprint density at radius 1 is 1.18 bits per heavy atom. The molecule has 1 fully saturated rings. The van der Waals surface area contributed by atoms with E-state index in [-0.39, 0.29) is 23.0 Å². The fourth-order valence-electron chi connectivity index (χ4n) is 3.84. The monoisotopic (exact) mass is 521 g/mol. The molecule has 1 aliphatic heterocycles. The van der Waals surface area contributed by atoms with Gasteiger partial charge in [0, 0.05) is 32.6 Å². The van der Waals surface area contributed by atoms with E-state index >= 15 is 0 Å². The summed E-state index contributed by atoms with van der Waals surface area (Å²) in [5, 5.41) is 1.07. The lowest BCUT2D eigenvalue weighted by molar-refractivity contribution is -0.118. The second-order valence-corrected chi connectivity index (χ2v) is 11.8.